The fourth-order valence-corrected chi connectivity index (χ4v) is 3.50. The van der Waals surface area contributed by atoms with Crippen molar-refractivity contribution in [3.63, 3.8) is 0 Å². The summed E-state index contributed by atoms with van der Waals surface area (Å²) >= 11 is 0. The normalized spacial score (nSPS) is 11.9. The molecule has 0 amide bonds. The highest BCUT2D eigenvalue weighted by Crippen LogP contribution is 2.35. The summed E-state index contributed by atoms with van der Waals surface area (Å²) in [4.78, 5) is 4.26. The van der Waals surface area contributed by atoms with E-state index in [2.05, 4.69) is 10.1 Å². The zero-order valence-electron chi connectivity index (χ0n) is 17.5. The zero-order chi connectivity index (χ0) is 22.0. The molecule has 2 heterocycles. The Morgan fingerprint density at radius 3 is 2.48 bits per heavy atom. The molecule has 0 spiro atoms. The van der Waals surface area contributed by atoms with Crippen molar-refractivity contribution in [3.8, 4) is 33.9 Å². The number of rotatable bonds is 6. The highest BCUT2D eigenvalue weighted by Gasteiger charge is 2.17. The first-order valence-electron chi connectivity index (χ1n) is 9.80. The number of hydrogen-bond acceptors (Lipinski definition) is 5. The topological polar surface area (TPSA) is 75.2 Å². The lowest BCUT2D eigenvalue weighted by Crippen LogP contribution is -2.08. The molecule has 4 aromatic rings. The number of aromatic nitrogens is 3. The maximum Gasteiger partial charge on any atom is 0.166 e. The van der Waals surface area contributed by atoms with Gasteiger partial charge in [0.2, 0.25) is 0 Å². The minimum atomic E-state index is -0.473. The van der Waals surface area contributed by atoms with E-state index in [1.165, 1.54) is 12.1 Å². The van der Waals surface area contributed by atoms with Crippen LogP contribution in [0.5, 0.6) is 11.5 Å². The molecule has 0 aliphatic rings. The van der Waals surface area contributed by atoms with Crippen molar-refractivity contribution >= 4 is 5.82 Å². The van der Waals surface area contributed by atoms with Crippen molar-refractivity contribution in [2.24, 2.45) is 7.05 Å². The Kier molecular flexibility index (Phi) is 5.58. The molecule has 2 aromatic heterocycles. The number of nitrogens with two attached hydrogens (primary N) is 1. The summed E-state index contributed by atoms with van der Waals surface area (Å²) < 4.78 is 27.3. The van der Waals surface area contributed by atoms with Gasteiger partial charge in [0, 0.05) is 30.6 Å². The average Bonchev–Trinajstić information content (AvgIpc) is 3.21. The van der Waals surface area contributed by atoms with E-state index in [0.29, 0.717) is 11.3 Å². The minimum absolute atomic E-state index is 0.264. The summed E-state index contributed by atoms with van der Waals surface area (Å²) in [6.07, 6.45) is 2.91. The van der Waals surface area contributed by atoms with Gasteiger partial charge in [-0.1, -0.05) is 18.2 Å². The number of aryl methyl sites for hydroxylation is 1. The van der Waals surface area contributed by atoms with Gasteiger partial charge in [0.1, 0.15) is 17.7 Å². The van der Waals surface area contributed by atoms with Gasteiger partial charge < -0.3 is 15.2 Å². The van der Waals surface area contributed by atoms with Crippen LogP contribution >= 0.6 is 0 Å². The van der Waals surface area contributed by atoms with E-state index < -0.39 is 6.10 Å². The lowest BCUT2D eigenvalue weighted by Gasteiger charge is -2.20. The predicted octanol–water partition coefficient (Wildman–Crippen LogP) is 5.02. The lowest BCUT2D eigenvalue weighted by atomic mass is 9.96. The second-order valence-corrected chi connectivity index (χ2v) is 7.17. The molecular weight excluding hydrogens is 395 g/mol. The second-order valence-electron chi connectivity index (χ2n) is 7.17. The van der Waals surface area contributed by atoms with Gasteiger partial charge >= 0.3 is 0 Å². The molecule has 0 saturated carbocycles. The van der Waals surface area contributed by atoms with E-state index in [9.17, 15) is 4.39 Å². The first-order valence-corrected chi connectivity index (χ1v) is 9.80. The third kappa shape index (κ3) is 4.21. The number of nitrogen functional groups attached to an aromatic ring is 1. The van der Waals surface area contributed by atoms with Crippen LogP contribution in [0, 0.1) is 5.82 Å². The van der Waals surface area contributed by atoms with Crippen molar-refractivity contribution in [1.82, 2.24) is 14.8 Å². The van der Waals surface area contributed by atoms with Gasteiger partial charge in [-0.05, 0) is 54.4 Å². The molecule has 158 valence electrons. The monoisotopic (exact) mass is 418 g/mol. The summed E-state index contributed by atoms with van der Waals surface area (Å²) in [6.45, 7) is 1.86. The van der Waals surface area contributed by atoms with Gasteiger partial charge in [-0.2, -0.15) is 5.10 Å². The number of ether oxygens (including phenoxy) is 2. The van der Waals surface area contributed by atoms with Crippen molar-refractivity contribution in [3.05, 3.63) is 78.4 Å². The number of benzene rings is 2. The Morgan fingerprint density at radius 2 is 1.81 bits per heavy atom. The van der Waals surface area contributed by atoms with Gasteiger partial charge in [0.25, 0.3) is 0 Å². The molecule has 0 aliphatic heterocycles. The highest BCUT2D eigenvalue weighted by molar-refractivity contribution is 5.69. The SMILES string of the molecule is COc1ccc(-c2ccc(F)cc2[C@@H](C)Oc2cc(-c3ccnn3C)cnc2N)cc1. The molecule has 0 saturated heterocycles. The molecular formula is C24H23FN4O2. The van der Waals surface area contributed by atoms with E-state index in [1.54, 1.807) is 30.3 Å². The third-order valence-electron chi connectivity index (χ3n) is 5.15. The first-order chi connectivity index (χ1) is 15.0. The smallest absolute Gasteiger partial charge is 0.166 e. The number of anilines is 1. The summed E-state index contributed by atoms with van der Waals surface area (Å²) in [5.41, 5.74) is 10.3. The summed E-state index contributed by atoms with van der Waals surface area (Å²) in [7, 11) is 3.47. The van der Waals surface area contributed by atoms with Gasteiger partial charge in [-0.25, -0.2) is 9.37 Å². The first kappa shape index (κ1) is 20.4. The molecule has 0 unspecified atom stereocenters. The highest BCUT2D eigenvalue weighted by atomic mass is 19.1. The number of nitrogens with zero attached hydrogens (tertiary/aromatic N) is 3. The number of methoxy groups -OCH3 is 1. The molecule has 6 nitrogen and oxygen atoms in total. The van der Waals surface area contributed by atoms with Crippen LogP contribution in [0.3, 0.4) is 0 Å². The molecule has 1 atom stereocenters. The average molecular weight is 418 g/mol. The fourth-order valence-electron chi connectivity index (χ4n) is 3.50. The van der Waals surface area contributed by atoms with Gasteiger partial charge in [-0.15, -0.1) is 0 Å². The zero-order valence-corrected chi connectivity index (χ0v) is 17.5. The lowest BCUT2D eigenvalue weighted by molar-refractivity contribution is 0.228. The van der Waals surface area contributed by atoms with Crippen molar-refractivity contribution in [2.75, 3.05) is 12.8 Å². The molecule has 2 N–H and O–H groups in total. The Hall–Kier alpha value is -3.87. The van der Waals surface area contributed by atoms with Crippen LogP contribution in [-0.2, 0) is 7.05 Å². The van der Waals surface area contributed by atoms with E-state index in [4.69, 9.17) is 15.2 Å². The van der Waals surface area contributed by atoms with E-state index in [1.807, 2.05) is 50.4 Å². The van der Waals surface area contributed by atoms with Crippen LogP contribution in [0.1, 0.15) is 18.6 Å². The van der Waals surface area contributed by atoms with Gasteiger partial charge in [0.15, 0.2) is 11.6 Å². The molecule has 7 heteroatoms. The minimum Gasteiger partial charge on any atom is -0.497 e. The fraction of sp³-hybridized carbons (Fsp3) is 0.167. The molecule has 0 bridgehead atoms. The largest absolute Gasteiger partial charge is 0.497 e. The third-order valence-corrected chi connectivity index (χ3v) is 5.15. The van der Waals surface area contributed by atoms with Crippen LogP contribution in [0.15, 0.2) is 67.0 Å². The number of pyridine rings is 1. The summed E-state index contributed by atoms with van der Waals surface area (Å²) in [5, 5.41) is 4.19. The Balaban J connectivity index is 1.68. The molecule has 0 radical (unpaired) electrons. The van der Waals surface area contributed by atoms with Gasteiger partial charge in [-0.3, -0.25) is 4.68 Å². The van der Waals surface area contributed by atoms with Crippen LogP contribution in [0.25, 0.3) is 22.4 Å². The van der Waals surface area contributed by atoms with Crippen LogP contribution in [0.4, 0.5) is 10.2 Å². The van der Waals surface area contributed by atoms with Crippen molar-refractivity contribution in [1.29, 1.82) is 0 Å². The second kappa shape index (κ2) is 8.47. The summed E-state index contributed by atoms with van der Waals surface area (Å²) in [6, 6.07) is 16.0. The van der Waals surface area contributed by atoms with Crippen LogP contribution in [0.2, 0.25) is 0 Å². The molecule has 0 aliphatic carbocycles. The van der Waals surface area contributed by atoms with E-state index in [-0.39, 0.29) is 11.6 Å². The number of halogens is 1. The Morgan fingerprint density at radius 1 is 1.03 bits per heavy atom. The maximum atomic E-state index is 14.1. The molecule has 2 aromatic carbocycles. The number of hydrogen-bond donors (Lipinski definition) is 1. The maximum absolute atomic E-state index is 14.1. The van der Waals surface area contributed by atoms with Crippen molar-refractivity contribution in [2.45, 2.75) is 13.0 Å². The van der Waals surface area contributed by atoms with Crippen LogP contribution in [-0.4, -0.2) is 21.9 Å². The molecule has 0 fully saturated rings. The molecule has 31 heavy (non-hydrogen) atoms. The van der Waals surface area contributed by atoms with Crippen molar-refractivity contribution < 1.29 is 13.9 Å². The Bertz CT molecular complexity index is 1200. The summed E-state index contributed by atoms with van der Waals surface area (Å²) in [5.74, 6) is 1.11. The molecule has 4 rings (SSSR count). The standard InChI is InChI=1S/C24H23FN4O2/c1-15(31-23-12-17(14-27-24(23)26)22-10-11-28-29(22)2)21-13-18(25)6-9-20(21)16-4-7-19(30-3)8-5-16/h4-15H,1-3H3,(H2,26,27)/t15-/m1/s1. The van der Waals surface area contributed by atoms with Gasteiger partial charge in [0.05, 0.1) is 12.8 Å². The predicted molar refractivity (Wildman–Crippen MR) is 118 cm³/mol. The van der Waals surface area contributed by atoms with E-state index >= 15 is 0 Å². The Labute approximate surface area is 180 Å². The van der Waals surface area contributed by atoms with Crippen LogP contribution < -0.4 is 15.2 Å². The quantitative estimate of drug-likeness (QED) is 0.476. The van der Waals surface area contributed by atoms with E-state index in [0.717, 1.165) is 28.1 Å².